The van der Waals surface area contributed by atoms with E-state index >= 15 is 0 Å². The van der Waals surface area contributed by atoms with Crippen molar-refractivity contribution in [2.45, 2.75) is 13.8 Å². The van der Waals surface area contributed by atoms with Crippen LogP contribution >= 0.6 is 0 Å². The SMILES string of the molecule is C=C(C#N)OC(=O)/C(C)=C/C. The van der Waals surface area contributed by atoms with Gasteiger partial charge in [-0.25, -0.2) is 4.79 Å². The standard InChI is InChI=1S/C8H9NO2/c1-4-6(2)8(10)11-7(3)5-9/h4H,3H2,1-2H3/b6-4+. The minimum atomic E-state index is -0.529. The number of carbonyl (C=O) groups excluding carboxylic acids is 1. The highest BCUT2D eigenvalue weighted by Crippen LogP contribution is 2.00. The molecule has 58 valence electrons. The molecule has 0 aliphatic rings. The molecule has 0 rings (SSSR count). The summed E-state index contributed by atoms with van der Waals surface area (Å²) < 4.78 is 4.49. The Morgan fingerprint density at radius 3 is 2.64 bits per heavy atom. The molecule has 0 saturated heterocycles. The van der Waals surface area contributed by atoms with Crippen LogP contribution in [0.2, 0.25) is 0 Å². The van der Waals surface area contributed by atoms with Gasteiger partial charge in [-0.05, 0) is 20.4 Å². The average molecular weight is 151 g/mol. The van der Waals surface area contributed by atoms with Crippen LogP contribution < -0.4 is 0 Å². The topological polar surface area (TPSA) is 50.1 Å². The molecule has 0 aromatic heterocycles. The number of esters is 1. The van der Waals surface area contributed by atoms with Crippen molar-refractivity contribution in [1.82, 2.24) is 0 Å². The molecule has 0 aromatic carbocycles. The van der Waals surface area contributed by atoms with E-state index in [0.29, 0.717) is 5.57 Å². The number of rotatable bonds is 2. The first-order valence-electron chi connectivity index (χ1n) is 3.06. The predicted octanol–water partition coefficient (Wildman–Crippen LogP) is 1.53. The number of ether oxygens (including phenoxy) is 1. The van der Waals surface area contributed by atoms with Gasteiger partial charge >= 0.3 is 5.97 Å². The largest absolute Gasteiger partial charge is 0.412 e. The van der Waals surface area contributed by atoms with Crippen molar-refractivity contribution >= 4 is 5.97 Å². The molecule has 0 aliphatic heterocycles. The van der Waals surface area contributed by atoms with Crippen LogP contribution in [0.15, 0.2) is 24.0 Å². The second kappa shape index (κ2) is 4.29. The fourth-order valence-electron chi connectivity index (χ4n) is 0.333. The molecule has 0 atom stereocenters. The molecule has 0 fully saturated rings. The van der Waals surface area contributed by atoms with E-state index in [2.05, 4.69) is 11.3 Å². The van der Waals surface area contributed by atoms with Gasteiger partial charge < -0.3 is 4.74 Å². The third-order valence-electron chi connectivity index (χ3n) is 1.10. The minimum absolute atomic E-state index is 0.184. The fourth-order valence-corrected chi connectivity index (χ4v) is 0.333. The van der Waals surface area contributed by atoms with Gasteiger partial charge in [0.05, 0.1) is 0 Å². The Bertz CT molecular complexity index is 245. The van der Waals surface area contributed by atoms with Crippen LogP contribution in [-0.2, 0) is 9.53 Å². The van der Waals surface area contributed by atoms with Crippen molar-refractivity contribution in [3.63, 3.8) is 0 Å². The second-order valence-electron chi connectivity index (χ2n) is 1.90. The smallest absolute Gasteiger partial charge is 0.339 e. The third-order valence-corrected chi connectivity index (χ3v) is 1.10. The molecule has 0 spiro atoms. The fraction of sp³-hybridized carbons (Fsp3) is 0.250. The maximum Gasteiger partial charge on any atom is 0.339 e. The Morgan fingerprint density at radius 1 is 1.73 bits per heavy atom. The Kier molecular flexibility index (Phi) is 3.68. The molecule has 0 aromatic rings. The molecule has 0 bridgehead atoms. The lowest BCUT2D eigenvalue weighted by Gasteiger charge is -1.98. The Balaban J connectivity index is 4.12. The lowest BCUT2D eigenvalue weighted by Crippen LogP contribution is -2.03. The van der Waals surface area contributed by atoms with E-state index in [4.69, 9.17) is 5.26 Å². The first kappa shape index (κ1) is 9.44. The summed E-state index contributed by atoms with van der Waals surface area (Å²) in [5, 5.41) is 8.19. The number of carbonyl (C=O) groups is 1. The molecule has 3 heteroatoms. The highest BCUT2D eigenvalue weighted by Gasteiger charge is 2.05. The van der Waals surface area contributed by atoms with Crippen LogP contribution in [0.1, 0.15) is 13.8 Å². The lowest BCUT2D eigenvalue weighted by molar-refractivity contribution is -0.134. The van der Waals surface area contributed by atoms with Gasteiger partial charge in [0.15, 0.2) is 0 Å². The first-order valence-corrected chi connectivity index (χ1v) is 3.06. The van der Waals surface area contributed by atoms with Gasteiger partial charge in [-0.1, -0.05) is 6.08 Å². The number of allylic oxidation sites excluding steroid dienone is 2. The van der Waals surface area contributed by atoms with E-state index in [1.165, 1.54) is 0 Å². The molecule has 0 amide bonds. The zero-order chi connectivity index (χ0) is 8.85. The van der Waals surface area contributed by atoms with Crippen LogP contribution in [0.25, 0.3) is 0 Å². The maximum atomic E-state index is 10.8. The Morgan fingerprint density at radius 2 is 2.27 bits per heavy atom. The highest BCUT2D eigenvalue weighted by molar-refractivity contribution is 5.88. The number of nitriles is 1. The summed E-state index contributed by atoms with van der Waals surface area (Å²) in [5.41, 5.74) is 0.460. The molecule has 0 radical (unpaired) electrons. The van der Waals surface area contributed by atoms with Gasteiger partial charge in [-0.2, -0.15) is 5.26 Å². The zero-order valence-corrected chi connectivity index (χ0v) is 6.55. The first-order chi connectivity index (χ1) is 5.11. The van der Waals surface area contributed by atoms with Crippen molar-refractivity contribution in [1.29, 1.82) is 5.26 Å². The number of hydrogen-bond acceptors (Lipinski definition) is 3. The number of nitrogens with zero attached hydrogens (tertiary/aromatic N) is 1. The van der Waals surface area contributed by atoms with Gasteiger partial charge in [0.25, 0.3) is 0 Å². The van der Waals surface area contributed by atoms with Gasteiger partial charge in [0.1, 0.15) is 6.07 Å². The van der Waals surface area contributed by atoms with E-state index in [9.17, 15) is 4.79 Å². The minimum Gasteiger partial charge on any atom is -0.412 e. The van der Waals surface area contributed by atoms with Crippen LogP contribution in [0.5, 0.6) is 0 Å². The summed E-state index contributed by atoms with van der Waals surface area (Å²) >= 11 is 0. The molecule has 0 N–H and O–H groups in total. The van der Waals surface area contributed by atoms with E-state index in [1.807, 2.05) is 0 Å². The summed E-state index contributed by atoms with van der Waals surface area (Å²) in [6, 6.07) is 1.61. The molecular formula is C8H9NO2. The highest BCUT2D eigenvalue weighted by atomic mass is 16.5. The summed E-state index contributed by atoms with van der Waals surface area (Å²) in [5.74, 6) is -0.713. The maximum absolute atomic E-state index is 10.8. The predicted molar refractivity (Wildman–Crippen MR) is 40.3 cm³/mol. The van der Waals surface area contributed by atoms with E-state index in [1.54, 1.807) is 26.0 Å². The third kappa shape index (κ3) is 3.21. The Hall–Kier alpha value is -1.56. The molecule has 0 saturated carbocycles. The normalized spacial score (nSPS) is 10.1. The summed E-state index contributed by atoms with van der Waals surface area (Å²) in [7, 11) is 0. The van der Waals surface area contributed by atoms with Gasteiger partial charge in [0, 0.05) is 5.57 Å². The van der Waals surface area contributed by atoms with Crippen molar-refractivity contribution < 1.29 is 9.53 Å². The molecule has 3 nitrogen and oxygen atoms in total. The van der Waals surface area contributed by atoms with E-state index in [-0.39, 0.29) is 5.76 Å². The number of hydrogen-bond donors (Lipinski definition) is 0. The quantitative estimate of drug-likeness (QED) is 0.260. The average Bonchev–Trinajstić information content (AvgIpc) is 2.02. The van der Waals surface area contributed by atoms with Gasteiger partial charge in [0.2, 0.25) is 5.76 Å². The van der Waals surface area contributed by atoms with E-state index in [0.717, 1.165) is 0 Å². The lowest BCUT2D eigenvalue weighted by atomic mass is 10.3. The van der Waals surface area contributed by atoms with E-state index < -0.39 is 5.97 Å². The van der Waals surface area contributed by atoms with Crippen molar-refractivity contribution in [3.8, 4) is 6.07 Å². The van der Waals surface area contributed by atoms with Gasteiger partial charge in [-0.15, -0.1) is 0 Å². The molecule has 0 aliphatic carbocycles. The summed E-state index contributed by atoms with van der Waals surface area (Å²) in [4.78, 5) is 10.8. The molecule has 0 heterocycles. The van der Waals surface area contributed by atoms with Gasteiger partial charge in [-0.3, -0.25) is 0 Å². The second-order valence-corrected chi connectivity index (χ2v) is 1.90. The molecular weight excluding hydrogens is 142 g/mol. The Labute approximate surface area is 65.6 Å². The van der Waals surface area contributed by atoms with Crippen LogP contribution in [0, 0.1) is 11.3 Å². The zero-order valence-electron chi connectivity index (χ0n) is 6.55. The van der Waals surface area contributed by atoms with Crippen LogP contribution in [-0.4, -0.2) is 5.97 Å². The van der Waals surface area contributed by atoms with Crippen molar-refractivity contribution in [3.05, 3.63) is 24.0 Å². The van der Waals surface area contributed by atoms with Crippen LogP contribution in [0.3, 0.4) is 0 Å². The molecule has 0 unspecified atom stereocenters. The van der Waals surface area contributed by atoms with Crippen LogP contribution in [0.4, 0.5) is 0 Å². The summed E-state index contributed by atoms with van der Waals surface area (Å²) in [6.45, 7) is 6.52. The molecule has 11 heavy (non-hydrogen) atoms. The van der Waals surface area contributed by atoms with Crippen molar-refractivity contribution in [2.75, 3.05) is 0 Å². The monoisotopic (exact) mass is 151 g/mol. The summed E-state index contributed by atoms with van der Waals surface area (Å²) in [6.07, 6.45) is 1.60. The van der Waals surface area contributed by atoms with Crippen molar-refractivity contribution in [2.24, 2.45) is 0 Å².